The minimum absolute atomic E-state index is 0.00204. The predicted molar refractivity (Wildman–Crippen MR) is 109 cm³/mol. The second-order valence-electron chi connectivity index (χ2n) is 6.97. The van der Waals surface area contributed by atoms with Crippen LogP contribution in [0.3, 0.4) is 0 Å². The first-order chi connectivity index (χ1) is 13.0. The number of rotatable bonds is 5. The summed E-state index contributed by atoms with van der Waals surface area (Å²) in [5.41, 5.74) is 2.75. The summed E-state index contributed by atoms with van der Waals surface area (Å²) in [5, 5.41) is 0. The topological polar surface area (TPSA) is 52.6 Å². The van der Waals surface area contributed by atoms with Crippen molar-refractivity contribution in [3.05, 3.63) is 47.4 Å². The van der Waals surface area contributed by atoms with Crippen LogP contribution in [0.1, 0.15) is 35.7 Å². The Morgan fingerprint density at radius 1 is 1.07 bits per heavy atom. The van der Waals surface area contributed by atoms with Crippen LogP contribution in [0.2, 0.25) is 0 Å². The Bertz CT molecular complexity index is 799. The molecule has 0 atom stereocenters. The number of amides is 1. The zero-order valence-corrected chi connectivity index (χ0v) is 16.8. The lowest BCUT2D eigenvalue weighted by atomic mass is 10.2. The van der Waals surface area contributed by atoms with Gasteiger partial charge in [-0.15, -0.1) is 0 Å². The Morgan fingerprint density at radius 3 is 2.44 bits per heavy atom. The van der Waals surface area contributed by atoms with Crippen LogP contribution in [0.25, 0.3) is 0 Å². The van der Waals surface area contributed by atoms with Gasteiger partial charge >= 0.3 is 0 Å². The molecule has 6 nitrogen and oxygen atoms in total. The van der Waals surface area contributed by atoms with Crippen LogP contribution in [0, 0.1) is 13.8 Å². The van der Waals surface area contributed by atoms with Gasteiger partial charge < -0.3 is 14.7 Å². The lowest BCUT2D eigenvalue weighted by Gasteiger charge is -2.34. The highest BCUT2D eigenvalue weighted by Crippen LogP contribution is 2.25. The fourth-order valence-corrected chi connectivity index (χ4v) is 3.50. The number of aromatic nitrogens is 2. The summed E-state index contributed by atoms with van der Waals surface area (Å²) in [6, 6.07) is 10.1. The van der Waals surface area contributed by atoms with Gasteiger partial charge in [0.25, 0.3) is 5.91 Å². The number of carbonyl (C=O) groups is 1. The van der Waals surface area contributed by atoms with Gasteiger partial charge in [0, 0.05) is 44.5 Å². The van der Waals surface area contributed by atoms with Crippen LogP contribution in [0.4, 0.5) is 11.5 Å². The van der Waals surface area contributed by atoms with Gasteiger partial charge in [-0.3, -0.25) is 4.79 Å². The second kappa shape index (κ2) is 8.48. The quantitative estimate of drug-likeness (QED) is 0.813. The summed E-state index contributed by atoms with van der Waals surface area (Å²) < 4.78 is 0. The van der Waals surface area contributed by atoms with E-state index in [1.807, 2.05) is 24.0 Å². The van der Waals surface area contributed by atoms with E-state index < -0.39 is 0 Å². The van der Waals surface area contributed by atoms with Gasteiger partial charge in [-0.1, -0.05) is 19.1 Å². The van der Waals surface area contributed by atoms with Crippen LogP contribution in [0.5, 0.6) is 0 Å². The number of aryl methyl sites for hydroxylation is 2. The van der Waals surface area contributed by atoms with Gasteiger partial charge in [0.15, 0.2) is 0 Å². The van der Waals surface area contributed by atoms with E-state index in [4.69, 9.17) is 0 Å². The molecule has 0 N–H and O–H groups in total. The molecular weight excluding hydrogens is 338 g/mol. The van der Waals surface area contributed by atoms with Gasteiger partial charge in [0.2, 0.25) is 0 Å². The highest BCUT2D eigenvalue weighted by atomic mass is 16.2. The Labute approximate surface area is 161 Å². The Balaban J connectivity index is 1.86. The van der Waals surface area contributed by atoms with E-state index >= 15 is 0 Å². The summed E-state index contributed by atoms with van der Waals surface area (Å²) in [4.78, 5) is 28.4. The lowest BCUT2D eigenvalue weighted by Crippen LogP contribution is -2.48. The number of hydrogen-bond acceptors (Lipinski definition) is 5. The molecular formula is C21H29N5O. The maximum Gasteiger partial charge on any atom is 0.272 e. The third-order valence-electron chi connectivity index (χ3n) is 5.06. The van der Waals surface area contributed by atoms with Crippen LogP contribution >= 0.6 is 0 Å². The van der Waals surface area contributed by atoms with Crippen molar-refractivity contribution in [1.82, 2.24) is 19.8 Å². The third kappa shape index (κ3) is 4.45. The maximum absolute atomic E-state index is 13.0. The SMILES string of the molecule is CCN1CCN(C(=O)c2cc(N(CC)c3cccc(C)c3)nc(C)n2)CC1. The fourth-order valence-electron chi connectivity index (χ4n) is 3.50. The van der Waals surface area contributed by atoms with E-state index in [0.29, 0.717) is 11.5 Å². The molecule has 1 amide bonds. The average molecular weight is 367 g/mol. The number of hydrogen-bond donors (Lipinski definition) is 0. The van der Waals surface area contributed by atoms with E-state index in [1.54, 1.807) is 0 Å². The molecule has 1 saturated heterocycles. The molecule has 0 aliphatic carbocycles. The molecule has 1 aromatic heterocycles. The predicted octanol–water partition coefficient (Wildman–Crippen LogP) is 3.03. The molecule has 1 aliphatic heterocycles. The van der Waals surface area contributed by atoms with Gasteiger partial charge in [0.1, 0.15) is 17.3 Å². The van der Waals surface area contributed by atoms with Crippen LogP contribution in [-0.4, -0.2) is 64.9 Å². The smallest absolute Gasteiger partial charge is 0.272 e. The largest absolute Gasteiger partial charge is 0.335 e. The molecule has 2 aromatic rings. The molecule has 0 unspecified atom stereocenters. The first-order valence-electron chi connectivity index (χ1n) is 9.73. The normalized spacial score (nSPS) is 15.0. The van der Waals surface area contributed by atoms with Crippen molar-refractivity contribution in [2.75, 3.05) is 44.2 Å². The van der Waals surface area contributed by atoms with E-state index in [9.17, 15) is 4.79 Å². The number of carbonyl (C=O) groups excluding carboxylic acids is 1. The van der Waals surface area contributed by atoms with Crippen LogP contribution in [-0.2, 0) is 0 Å². The van der Waals surface area contributed by atoms with Gasteiger partial charge in [-0.2, -0.15) is 0 Å². The number of piperazine rings is 1. The van der Waals surface area contributed by atoms with Crippen molar-refractivity contribution in [2.24, 2.45) is 0 Å². The van der Waals surface area contributed by atoms with Crippen molar-refractivity contribution in [3.63, 3.8) is 0 Å². The van der Waals surface area contributed by atoms with Crippen molar-refractivity contribution in [3.8, 4) is 0 Å². The average Bonchev–Trinajstić information content (AvgIpc) is 2.68. The highest BCUT2D eigenvalue weighted by molar-refractivity contribution is 5.93. The van der Waals surface area contributed by atoms with E-state index in [0.717, 1.165) is 50.8 Å². The van der Waals surface area contributed by atoms with E-state index in [-0.39, 0.29) is 5.91 Å². The number of likely N-dealkylation sites (N-methyl/N-ethyl adjacent to an activating group) is 1. The molecule has 0 spiro atoms. The summed E-state index contributed by atoms with van der Waals surface area (Å²) in [5.74, 6) is 1.39. The monoisotopic (exact) mass is 367 g/mol. The molecule has 1 fully saturated rings. The Hall–Kier alpha value is -2.47. The number of anilines is 2. The van der Waals surface area contributed by atoms with Gasteiger partial charge in [0.05, 0.1) is 0 Å². The zero-order valence-electron chi connectivity index (χ0n) is 16.8. The minimum atomic E-state index is -0.00204. The molecule has 27 heavy (non-hydrogen) atoms. The maximum atomic E-state index is 13.0. The summed E-state index contributed by atoms with van der Waals surface area (Å²) in [6.45, 7) is 13.3. The molecule has 6 heteroatoms. The van der Waals surface area contributed by atoms with Gasteiger partial charge in [-0.05, 0) is 45.0 Å². The summed E-state index contributed by atoms with van der Waals surface area (Å²) >= 11 is 0. The first-order valence-corrected chi connectivity index (χ1v) is 9.73. The number of benzene rings is 1. The minimum Gasteiger partial charge on any atom is -0.335 e. The van der Waals surface area contributed by atoms with Crippen molar-refractivity contribution in [2.45, 2.75) is 27.7 Å². The highest BCUT2D eigenvalue weighted by Gasteiger charge is 2.23. The molecule has 1 aliphatic rings. The van der Waals surface area contributed by atoms with E-state index in [1.165, 1.54) is 5.56 Å². The Morgan fingerprint density at radius 2 is 1.81 bits per heavy atom. The second-order valence-corrected chi connectivity index (χ2v) is 6.97. The van der Waals surface area contributed by atoms with Gasteiger partial charge in [-0.25, -0.2) is 9.97 Å². The Kier molecular flexibility index (Phi) is 6.06. The molecule has 0 bridgehead atoms. The van der Waals surface area contributed by atoms with Crippen molar-refractivity contribution in [1.29, 1.82) is 0 Å². The summed E-state index contributed by atoms with van der Waals surface area (Å²) in [6.07, 6.45) is 0. The first kappa shape index (κ1) is 19.3. The lowest BCUT2D eigenvalue weighted by molar-refractivity contribution is 0.0637. The molecule has 3 rings (SSSR count). The van der Waals surface area contributed by atoms with Crippen molar-refractivity contribution >= 4 is 17.4 Å². The molecule has 1 aromatic carbocycles. The number of nitrogens with zero attached hydrogens (tertiary/aromatic N) is 5. The molecule has 2 heterocycles. The van der Waals surface area contributed by atoms with Crippen LogP contribution in [0.15, 0.2) is 30.3 Å². The molecule has 0 saturated carbocycles. The van der Waals surface area contributed by atoms with E-state index in [2.05, 4.69) is 58.7 Å². The third-order valence-corrected chi connectivity index (χ3v) is 5.06. The van der Waals surface area contributed by atoms with Crippen LogP contribution < -0.4 is 4.90 Å². The molecule has 0 radical (unpaired) electrons. The summed E-state index contributed by atoms with van der Waals surface area (Å²) in [7, 11) is 0. The zero-order chi connectivity index (χ0) is 19.4. The molecule has 144 valence electrons. The standard InChI is InChI=1S/C21H29N5O/c1-5-24-10-12-25(13-11-24)21(27)19-15-20(23-17(4)22-19)26(6-2)18-9-7-8-16(3)14-18/h7-9,14-15H,5-6,10-13H2,1-4H3. The van der Waals surface area contributed by atoms with Crippen molar-refractivity contribution < 1.29 is 4.79 Å². The fraction of sp³-hybridized carbons (Fsp3) is 0.476.